The van der Waals surface area contributed by atoms with Gasteiger partial charge in [0.05, 0.1) is 5.25 Å². The van der Waals surface area contributed by atoms with Crippen molar-refractivity contribution in [2.75, 3.05) is 0 Å². The summed E-state index contributed by atoms with van der Waals surface area (Å²) in [7, 11) is -3.55. The summed E-state index contributed by atoms with van der Waals surface area (Å²) in [5.74, 6) is 0.00873. The maximum Gasteiger partial charge on any atom is 0.212 e. The Labute approximate surface area is 111 Å². The van der Waals surface area contributed by atoms with Gasteiger partial charge in [-0.05, 0) is 40.4 Å². The van der Waals surface area contributed by atoms with Crippen molar-refractivity contribution in [3.8, 4) is 0 Å². The lowest BCUT2D eigenvalue weighted by Gasteiger charge is -2.26. The Morgan fingerprint density at radius 2 is 1.88 bits per heavy atom. The van der Waals surface area contributed by atoms with Gasteiger partial charge in [0, 0.05) is 22.8 Å². The van der Waals surface area contributed by atoms with Crippen molar-refractivity contribution in [1.29, 1.82) is 0 Å². The van der Waals surface area contributed by atoms with Gasteiger partial charge in [0.2, 0.25) is 10.0 Å². The van der Waals surface area contributed by atoms with Crippen molar-refractivity contribution < 1.29 is 8.42 Å². The molecule has 0 aliphatic heterocycles. The molecule has 0 saturated heterocycles. The van der Waals surface area contributed by atoms with Crippen LogP contribution in [0.3, 0.4) is 0 Å². The number of hydrogen-bond donors (Lipinski definition) is 1. The molecule has 0 amide bonds. The second-order valence-corrected chi connectivity index (χ2v) is 7.34. The quantitative estimate of drug-likeness (QED) is 0.924. The first kappa shape index (κ1) is 14.6. The topological polar surface area (TPSA) is 73.0 Å². The van der Waals surface area contributed by atoms with E-state index in [4.69, 9.17) is 5.14 Å². The first-order valence-electron chi connectivity index (χ1n) is 5.35. The number of pyridine rings is 1. The Kier molecular flexibility index (Phi) is 4.69. The first-order chi connectivity index (χ1) is 7.73. The predicted octanol–water partition coefficient (Wildman–Crippen LogP) is 2.26. The molecular formula is C11H17BrN2O2S. The molecule has 1 heterocycles. The van der Waals surface area contributed by atoms with Gasteiger partial charge in [-0.25, -0.2) is 13.6 Å². The molecule has 17 heavy (non-hydrogen) atoms. The van der Waals surface area contributed by atoms with Crippen molar-refractivity contribution in [1.82, 2.24) is 4.98 Å². The molecule has 0 aromatic carbocycles. The monoisotopic (exact) mass is 320 g/mol. The summed E-state index contributed by atoms with van der Waals surface area (Å²) in [6.45, 7) is 5.60. The Hall–Kier alpha value is -0.460. The lowest BCUT2D eigenvalue weighted by molar-refractivity contribution is 0.471. The fraction of sp³-hybridized carbons (Fsp3) is 0.545. The van der Waals surface area contributed by atoms with Crippen LogP contribution in [0.2, 0.25) is 0 Å². The smallest absolute Gasteiger partial charge is 0.212 e. The number of sulfonamides is 1. The van der Waals surface area contributed by atoms with Gasteiger partial charge in [-0.3, -0.25) is 4.98 Å². The molecule has 0 fully saturated rings. The molecule has 0 saturated carbocycles. The van der Waals surface area contributed by atoms with Gasteiger partial charge >= 0.3 is 0 Å². The number of primary sulfonamides is 1. The van der Waals surface area contributed by atoms with Gasteiger partial charge in [-0.2, -0.15) is 0 Å². The van der Waals surface area contributed by atoms with Crippen molar-refractivity contribution >= 4 is 26.0 Å². The standard InChI is InChI=1S/C11H17BrN2O2S/c1-7(2)11(8(3)17(13,15)16)9-4-10(12)6-14-5-9/h4-8,11H,1-3H3,(H2,13,15,16). The summed E-state index contributed by atoms with van der Waals surface area (Å²) in [6.07, 6.45) is 3.36. The number of hydrogen-bond acceptors (Lipinski definition) is 3. The van der Waals surface area contributed by atoms with Crippen molar-refractivity contribution in [2.24, 2.45) is 11.1 Å². The van der Waals surface area contributed by atoms with Gasteiger partial charge < -0.3 is 0 Å². The molecular weight excluding hydrogens is 304 g/mol. The molecule has 2 N–H and O–H groups in total. The molecule has 0 bridgehead atoms. The molecule has 96 valence electrons. The van der Waals surface area contributed by atoms with E-state index in [-0.39, 0.29) is 11.8 Å². The van der Waals surface area contributed by atoms with Crippen LogP contribution in [0, 0.1) is 5.92 Å². The highest BCUT2D eigenvalue weighted by atomic mass is 79.9. The van der Waals surface area contributed by atoms with Gasteiger partial charge in [0.1, 0.15) is 0 Å². The lowest BCUT2D eigenvalue weighted by Crippen LogP contribution is -2.33. The number of nitrogens with two attached hydrogens (primary N) is 1. The van der Waals surface area contributed by atoms with Crippen LogP contribution < -0.4 is 5.14 Å². The van der Waals surface area contributed by atoms with E-state index in [2.05, 4.69) is 20.9 Å². The highest BCUT2D eigenvalue weighted by Crippen LogP contribution is 2.31. The van der Waals surface area contributed by atoms with Crippen LogP contribution >= 0.6 is 15.9 Å². The zero-order valence-corrected chi connectivity index (χ0v) is 12.5. The number of halogens is 1. The van der Waals surface area contributed by atoms with E-state index in [1.807, 2.05) is 19.9 Å². The third-order valence-corrected chi connectivity index (χ3v) is 4.62. The number of rotatable bonds is 4. The van der Waals surface area contributed by atoms with Crippen LogP contribution in [-0.4, -0.2) is 18.7 Å². The molecule has 4 nitrogen and oxygen atoms in total. The SMILES string of the molecule is CC(C)C(c1cncc(Br)c1)C(C)S(N)(=O)=O. The minimum absolute atomic E-state index is 0.157. The lowest BCUT2D eigenvalue weighted by atomic mass is 9.87. The minimum atomic E-state index is -3.55. The summed E-state index contributed by atoms with van der Waals surface area (Å²) in [4.78, 5) is 4.07. The molecule has 0 radical (unpaired) electrons. The van der Waals surface area contributed by atoms with Crippen LogP contribution in [0.5, 0.6) is 0 Å². The van der Waals surface area contributed by atoms with Crippen LogP contribution in [0.15, 0.2) is 22.9 Å². The van der Waals surface area contributed by atoms with Gasteiger partial charge in [0.15, 0.2) is 0 Å². The van der Waals surface area contributed by atoms with E-state index >= 15 is 0 Å². The molecule has 2 atom stereocenters. The summed E-state index contributed by atoms with van der Waals surface area (Å²) in [5, 5.41) is 4.61. The average molecular weight is 321 g/mol. The van der Waals surface area contributed by atoms with E-state index in [0.717, 1.165) is 10.0 Å². The minimum Gasteiger partial charge on any atom is -0.263 e. The maximum absolute atomic E-state index is 11.5. The predicted molar refractivity (Wildman–Crippen MR) is 72.1 cm³/mol. The van der Waals surface area contributed by atoms with Gasteiger partial charge in [0.25, 0.3) is 0 Å². The number of aromatic nitrogens is 1. The van der Waals surface area contributed by atoms with E-state index < -0.39 is 15.3 Å². The largest absolute Gasteiger partial charge is 0.263 e. The summed E-state index contributed by atoms with van der Waals surface area (Å²) >= 11 is 3.34. The van der Waals surface area contributed by atoms with E-state index in [9.17, 15) is 8.42 Å². The Morgan fingerprint density at radius 3 is 2.29 bits per heavy atom. The van der Waals surface area contributed by atoms with Gasteiger partial charge in [-0.1, -0.05) is 13.8 Å². The van der Waals surface area contributed by atoms with Crippen molar-refractivity contribution in [2.45, 2.75) is 31.9 Å². The molecule has 1 aromatic rings. The van der Waals surface area contributed by atoms with E-state index in [1.165, 1.54) is 0 Å². The molecule has 1 rings (SSSR count). The summed E-state index contributed by atoms with van der Waals surface area (Å²) < 4.78 is 23.8. The van der Waals surface area contributed by atoms with Crippen molar-refractivity contribution in [3.63, 3.8) is 0 Å². The normalized spacial score (nSPS) is 15.9. The second-order valence-electron chi connectivity index (χ2n) is 4.50. The first-order valence-corrected chi connectivity index (χ1v) is 7.75. The van der Waals surface area contributed by atoms with Crippen LogP contribution in [0.4, 0.5) is 0 Å². The molecule has 1 aromatic heterocycles. The van der Waals surface area contributed by atoms with Crippen LogP contribution in [0.25, 0.3) is 0 Å². The Morgan fingerprint density at radius 1 is 1.29 bits per heavy atom. The molecule has 2 unspecified atom stereocenters. The van der Waals surface area contributed by atoms with Crippen LogP contribution in [0.1, 0.15) is 32.3 Å². The second kappa shape index (κ2) is 5.46. The van der Waals surface area contributed by atoms with Gasteiger partial charge in [-0.15, -0.1) is 0 Å². The van der Waals surface area contributed by atoms with Crippen LogP contribution in [-0.2, 0) is 10.0 Å². The zero-order valence-electron chi connectivity index (χ0n) is 10.1. The fourth-order valence-corrected chi connectivity index (χ4v) is 3.28. The highest BCUT2D eigenvalue weighted by molar-refractivity contribution is 9.10. The summed E-state index contributed by atoms with van der Waals surface area (Å²) in [6, 6.07) is 1.89. The Bertz CT molecular complexity index is 488. The third kappa shape index (κ3) is 3.76. The zero-order chi connectivity index (χ0) is 13.2. The highest BCUT2D eigenvalue weighted by Gasteiger charge is 2.30. The molecule has 0 aliphatic rings. The molecule has 6 heteroatoms. The molecule has 0 spiro atoms. The molecule has 0 aliphatic carbocycles. The maximum atomic E-state index is 11.5. The van der Waals surface area contributed by atoms with E-state index in [1.54, 1.807) is 19.3 Å². The fourth-order valence-electron chi connectivity index (χ4n) is 2.01. The third-order valence-electron chi connectivity index (χ3n) is 2.85. The Balaban J connectivity index is 3.19. The van der Waals surface area contributed by atoms with E-state index in [0.29, 0.717) is 0 Å². The number of nitrogens with zero attached hydrogens (tertiary/aromatic N) is 1. The van der Waals surface area contributed by atoms with Crippen molar-refractivity contribution in [3.05, 3.63) is 28.5 Å². The summed E-state index contributed by atoms with van der Waals surface area (Å²) in [5.41, 5.74) is 0.885. The average Bonchev–Trinajstić information content (AvgIpc) is 2.15.